The van der Waals surface area contributed by atoms with Crippen LogP contribution in [0.25, 0.3) is 0 Å². The van der Waals surface area contributed by atoms with Crippen LogP contribution in [0.5, 0.6) is 0 Å². The molecule has 1 heterocycles. The summed E-state index contributed by atoms with van der Waals surface area (Å²) < 4.78 is 0. The largest absolute Gasteiger partial charge is 0.363 e. The smallest absolute Gasteiger partial charge is 0.257 e. The lowest BCUT2D eigenvalue weighted by Crippen LogP contribution is -2.44. The van der Waals surface area contributed by atoms with Crippen LogP contribution in [0.4, 0.5) is 0 Å². The van der Waals surface area contributed by atoms with Gasteiger partial charge in [-0.2, -0.15) is 0 Å². The van der Waals surface area contributed by atoms with Crippen LogP contribution in [0.3, 0.4) is 0 Å². The Morgan fingerprint density at radius 1 is 1.05 bits per heavy atom. The Morgan fingerprint density at radius 3 is 2.37 bits per heavy atom. The fourth-order valence-electron chi connectivity index (χ4n) is 2.77. The van der Waals surface area contributed by atoms with E-state index in [9.17, 15) is 9.90 Å². The van der Waals surface area contributed by atoms with Gasteiger partial charge in [-0.05, 0) is 13.0 Å². The molecular weight excluding hydrogens is 238 g/mol. The van der Waals surface area contributed by atoms with E-state index in [0.717, 1.165) is 5.56 Å². The average Bonchev–Trinajstić information content (AvgIpc) is 2.70. The first-order valence-electron chi connectivity index (χ1n) is 6.39. The number of carbonyl (C=O) groups excluding carboxylic acids is 1. The third-order valence-electron chi connectivity index (χ3n) is 3.66. The molecular formula is C16H15NO2. The number of benzene rings is 2. The summed E-state index contributed by atoms with van der Waals surface area (Å²) >= 11 is 0. The zero-order chi connectivity index (χ0) is 13.5. The number of amides is 1. The molecule has 19 heavy (non-hydrogen) atoms. The predicted octanol–water partition coefficient (Wildman–Crippen LogP) is 2.36. The summed E-state index contributed by atoms with van der Waals surface area (Å²) in [5, 5.41) is 11.2. The summed E-state index contributed by atoms with van der Waals surface area (Å²) in [5.41, 5.74) is 0.600. The summed E-state index contributed by atoms with van der Waals surface area (Å²) in [6, 6.07) is 16.6. The topological polar surface area (TPSA) is 40.5 Å². The molecule has 0 saturated heterocycles. The van der Waals surface area contributed by atoms with Gasteiger partial charge in [-0.15, -0.1) is 0 Å². The lowest BCUT2D eigenvalue weighted by molar-refractivity contribution is -0.0474. The molecule has 1 aliphatic rings. The van der Waals surface area contributed by atoms with Crippen LogP contribution in [0.1, 0.15) is 28.4 Å². The van der Waals surface area contributed by atoms with E-state index < -0.39 is 5.72 Å². The van der Waals surface area contributed by atoms with Crippen molar-refractivity contribution in [2.24, 2.45) is 0 Å². The van der Waals surface area contributed by atoms with Crippen molar-refractivity contribution in [2.75, 3.05) is 6.54 Å². The van der Waals surface area contributed by atoms with Crippen LogP contribution >= 0.6 is 0 Å². The van der Waals surface area contributed by atoms with E-state index in [1.54, 1.807) is 6.07 Å². The molecule has 3 rings (SSSR count). The van der Waals surface area contributed by atoms with Gasteiger partial charge in [-0.1, -0.05) is 48.5 Å². The second-order valence-electron chi connectivity index (χ2n) is 4.63. The maximum absolute atomic E-state index is 12.4. The highest BCUT2D eigenvalue weighted by atomic mass is 16.3. The number of carbonyl (C=O) groups is 1. The molecule has 0 unspecified atom stereocenters. The van der Waals surface area contributed by atoms with E-state index in [4.69, 9.17) is 0 Å². The monoisotopic (exact) mass is 253 g/mol. The predicted molar refractivity (Wildman–Crippen MR) is 72.6 cm³/mol. The Hall–Kier alpha value is -2.13. The van der Waals surface area contributed by atoms with Crippen LogP contribution in [-0.2, 0) is 5.72 Å². The minimum absolute atomic E-state index is 0.121. The van der Waals surface area contributed by atoms with Crippen molar-refractivity contribution in [3.05, 3.63) is 71.3 Å². The molecule has 0 bridgehead atoms. The maximum Gasteiger partial charge on any atom is 0.257 e. The third kappa shape index (κ3) is 1.52. The number of fused-ring (bicyclic) bond motifs is 1. The molecule has 0 fully saturated rings. The molecule has 96 valence electrons. The molecule has 3 heteroatoms. The van der Waals surface area contributed by atoms with Crippen LogP contribution in [0, 0.1) is 0 Å². The van der Waals surface area contributed by atoms with E-state index in [0.29, 0.717) is 17.7 Å². The van der Waals surface area contributed by atoms with E-state index >= 15 is 0 Å². The van der Waals surface area contributed by atoms with Crippen molar-refractivity contribution in [2.45, 2.75) is 12.6 Å². The molecule has 1 N–H and O–H groups in total. The van der Waals surface area contributed by atoms with Gasteiger partial charge in [0, 0.05) is 23.2 Å². The Morgan fingerprint density at radius 2 is 1.68 bits per heavy atom. The highest BCUT2D eigenvalue weighted by Crippen LogP contribution is 2.41. The summed E-state index contributed by atoms with van der Waals surface area (Å²) in [4.78, 5) is 13.9. The quantitative estimate of drug-likeness (QED) is 0.892. The molecule has 0 spiro atoms. The zero-order valence-corrected chi connectivity index (χ0v) is 10.7. The Bertz CT molecular complexity index is 624. The Kier molecular flexibility index (Phi) is 2.64. The molecule has 1 atom stereocenters. The Labute approximate surface area is 112 Å². The number of rotatable bonds is 2. The molecule has 0 aromatic heterocycles. The van der Waals surface area contributed by atoms with Crippen molar-refractivity contribution >= 4 is 5.91 Å². The van der Waals surface area contributed by atoms with Crippen molar-refractivity contribution in [3.63, 3.8) is 0 Å². The van der Waals surface area contributed by atoms with Gasteiger partial charge < -0.3 is 10.0 Å². The number of hydrogen-bond donors (Lipinski definition) is 1. The average molecular weight is 253 g/mol. The molecule has 1 amide bonds. The highest BCUT2D eigenvalue weighted by Gasteiger charge is 2.48. The minimum Gasteiger partial charge on any atom is -0.363 e. The fourth-order valence-corrected chi connectivity index (χ4v) is 2.77. The van der Waals surface area contributed by atoms with E-state index in [2.05, 4.69) is 0 Å². The first-order valence-corrected chi connectivity index (χ1v) is 6.39. The normalized spacial score (nSPS) is 21.6. The van der Waals surface area contributed by atoms with Gasteiger partial charge in [-0.3, -0.25) is 4.79 Å². The summed E-state index contributed by atoms with van der Waals surface area (Å²) in [5.74, 6) is -0.121. The minimum atomic E-state index is -1.36. The van der Waals surface area contributed by atoms with E-state index in [1.165, 1.54) is 4.90 Å². The number of hydrogen-bond acceptors (Lipinski definition) is 2. The van der Waals surface area contributed by atoms with Gasteiger partial charge >= 0.3 is 0 Å². The second kappa shape index (κ2) is 4.21. The summed E-state index contributed by atoms with van der Waals surface area (Å²) in [6.45, 7) is 2.33. The summed E-state index contributed by atoms with van der Waals surface area (Å²) in [7, 11) is 0. The highest BCUT2D eigenvalue weighted by molar-refractivity contribution is 6.00. The standard InChI is InChI=1S/C16H15NO2/c1-2-17-15(18)13-10-6-7-11-14(13)16(17,19)12-8-4-3-5-9-12/h3-11,19H,2H2,1H3/t16-/m0/s1. The van der Waals surface area contributed by atoms with Gasteiger partial charge in [0.05, 0.1) is 0 Å². The van der Waals surface area contributed by atoms with Crippen molar-refractivity contribution < 1.29 is 9.90 Å². The first-order chi connectivity index (χ1) is 9.19. The molecule has 3 nitrogen and oxygen atoms in total. The van der Waals surface area contributed by atoms with E-state index in [-0.39, 0.29) is 5.91 Å². The molecule has 0 aliphatic carbocycles. The van der Waals surface area contributed by atoms with Crippen molar-refractivity contribution in [1.29, 1.82) is 0 Å². The van der Waals surface area contributed by atoms with Crippen LogP contribution in [0.2, 0.25) is 0 Å². The van der Waals surface area contributed by atoms with Gasteiger partial charge in [-0.25, -0.2) is 0 Å². The zero-order valence-electron chi connectivity index (χ0n) is 10.7. The first kappa shape index (κ1) is 11.9. The number of nitrogens with zero attached hydrogens (tertiary/aromatic N) is 1. The van der Waals surface area contributed by atoms with Gasteiger partial charge in [0.15, 0.2) is 5.72 Å². The number of aliphatic hydroxyl groups is 1. The molecule has 2 aromatic carbocycles. The molecule has 1 aliphatic heterocycles. The van der Waals surface area contributed by atoms with Crippen LogP contribution in [0.15, 0.2) is 54.6 Å². The van der Waals surface area contributed by atoms with Crippen molar-refractivity contribution in [3.8, 4) is 0 Å². The van der Waals surface area contributed by atoms with Crippen LogP contribution in [-0.4, -0.2) is 22.5 Å². The molecule has 2 aromatic rings. The second-order valence-corrected chi connectivity index (χ2v) is 4.63. The summed E-state index contributed by atoms with van der Waals surface area (Å²) in [6.07, 6.45) is 0. The molecule has 0 saturated carbocycles. The fraction of sp³-hybridized carbons (Fsp3) is 0.188. The van der Waals surface area contributed by atoms with E-state index in [1.807, 2.05) is 55.5 Å². The van der Waals surface area contributed by atoms with Gasteiger partial charge in [0.2, 0.25) is 0 Å². The SMILES string of the molecule is CCN1C(=O)c2ccccc2[C@@]1(O)c1ccccc1. The maximum atomic E-state index is 12.4. The van der Waals surface area contributed by atoms with Gasteiger partial charge in [0.25, 0.3) is 5.91 Å². The third-order valence-corrected chi connectivity index (χ3v) is 3.66. The lowest BCUT2D eigenvalue weighted by Gasteiger charge is -2.34. The van der Waals surface area contributed by atoms with Crippen molar-refractivity contribution in [1.82, 2.24) is 4.90 Å². The Balaban J connectivity index is 2.27. The lowest BCUT2D eigenvalue weighted by atomic mass is 9.94. The molecule has 0 radical (unpaired) electrons. The van der Waals surface area contributed by atoms with Crippen LogP contribution < -0.4 is 0 Å². The van der Waals surface area contributed by atoms with Gasteiger partial charge in [0.1, 0.15) is 0 Å².